The summed E-state index contributed by atoms with van der Waals surface area (Å²) in [6.07, 6.45) is 0. The molecule has 4 aromatic rings. The summed E-state index contributed by atoms with van der Waals surface area (Å²) < 4.78 is 14.6. The Bertz CT molecular complexity index is 1010. The molecule has 0 aliphatic carbocycles. The van der Waals surface area contributed by atoms with Gasteiger partial charge in [0.1, 0.15) is 5.82 Å². The van der Waals surface area contributed by atoms with Gasteiger partial charge in [0.05, 0.1) is 0 Å². The van der Waals surface area contributed by atoms with E-state index in [1.165, 1.54) is 16.3 Å². The minimum Gasteiger partial charge on any atom is -0.206 e. The van der Waals surface area contributed by atoms with Crippen molar-refractivity contribution in [2.24, 2.45) is 0 Å². The third-order valence-corrected chi connectivity index (χ3v) is 4.42. The first-order valence-electron chi connectivity index (χ1n) is 7.17. The lowest BCUT2D eigenvalue weighted by Gasteiger charge is -2.12. The van der Waals surface area contributed by atoms with Crippen LogP contribution in [0.25, 0.3) is 32.3 Å². The van der Waals surface area contributed by atoms with E-state index in [1.807, 2.05) is 31.2 Å². The van der Waals surface area contributed by atoms with E-state index >= 15 is 0 Å². The Labute approximate surface area is 122 Å². The van der Waals surface area contributed by atoms with Crippen molar-refractivity contribution in [3.8, 4) is 0 Å². The summed E-state index contributed by atoms with van der Waals surface area (Å²) in [6, 6.07) is 18.3. The average molecular weight is 274 g/mol. The number of rotatable bonds is 0. The predicted octanol–water partition coefficient (Wildman–Crippen LogP) is 5.90. The van der Waals surface area contributed by atoms with Crippen LogP contribution in [-0.4, -0.2) is 0 Å². The molecule has 0 fully saturated rings. The second-order valence-corrected chi connectivity index (χ2v) is 5.68. The van der Waals surface area contributed by atoms with Crippen molar-refractivity contribution < 1.29 is 4.39 Å². The average Bonchev–Trinajstić information content (AvgIpc) is 2.52. The quantitative estimate of drug-likeness (QED) is 0.276. The summed E-state index contributed by atoms with van der Waals surface area (Å²) in [6.45, 7) is 3.97. The predicted molar refractivity (Wildman–Crippen MR) is 88.4 cm³/mol. The maximum absolute atomic E-state index is 14.6. The van der Waals surface area contributed by atoms with Gasteiger partial charge in [-0.3, -0.25) is 0 Å². The fourth-order valence-corrected chi connectivity index (χ4v) is 3.24. The molecule has 0 radical (unpaired) electrons. The van der Waals surface area contributed by atoms with Crippen molar-refractivity contribution in [2.45, 2.75) is 13.8 Å². The summed E-state index contributed by atoms with van der Waals surface area (Å²) in [7, 11) is 0. The molecule has 0 spiro atoms. The minimum atomic E-state index is -0.106. The molecular formula is C20H15F. The number of benzene rings is 4. The van der Waals surface area contributed by atoms with E-state index in [2.05, 4.69) is 37.3 Å². The van der Waals surface area contributed by atoms with Crippen molar-refractivity contribution in [3.63, 3.8) is 0 Å². The highest BCUT2D eigenvalue weighted by Crippen LogP contribution is 2.34. The number of halogens is 1. The Balaban J connectivity index is 2.33. The molecule has 0 nitrogen and oxygen atoms in total. The first kappa shape index (κ1) is 12.3. The van der Waals surface area contributed by atoms with Gasteiger partial charge in [-0.15, -0.1) is 0 Å². The SMILES string of the molecule is Cc1cccc2cc3c(cc12)c(C)c(F)c1ccccc13. The summed E-state index contributed by atoms with van der Waals surface area (Å²) in [5.41, 5.74) is 1.95. The van der Waals surface area contributed by atoms with E-state index in [9.17, 15) is 4.39 Å². The van der Waals surface area contributed by atoms with Crippen LogP contribution in [0.5, 0.6) is 0 Å². The van der Waals surface area contributed by atoms with Crippen molar-refractivity contribution in [1.82, 2.24) is 0 Å². The Morgan fingerprint density at radius 2 is 1.43 bits per heavy atom. The number of fused-ring (bicyclic) bond motifs is 4. The molecule has 0 aliphatic rings. The third kappa shape index (κ3) is 1.67. The van der Waals surface area contributed by atoms with Gasteiger partial charge in [-0.05, 0) is 64.0 Å². The third-order valence-electron chi connectivity index (χ3n) is 4.42. The van der Waals surface area contributed by atoms with E-state index < -0.39 is 0 Å². The van der Waals surface area contributed by atoms with E-state index in [4.69, 9.17) is 0 Å². The lowest BCUT2D eigenvalue weighted by Crippen LogP contribution is -1.90. The highest BCUT2D eigenvalue weighted by Gasteiger charge is 2.12. The van der Waals surface area contributed by atoms with Gasteiger partial charge < -0.3 is 0 Å². The maximum Gasteiger partial charge on any atom is 0.134 e. The highest BCUT2D eigenvalue weighted by molar-refractivity contribution is 6.13. The van der Waals surface area contributed by atoms with Gasteiger partial charge in [0.2, 0.25) is 0 Å². The smallest absolute Gasteiger partial charge is 0.134 e. The lowest BCUT2D eigenvalue weighted by molar-refractivity contribution is 0.633. The molecule has 21 heavy (non-hydrogen) atoms. The molecule has 0 bridgehead atoms. The molecule has 0 atom stereocenters. The fourth-order valence-electron chi connectivity index (χ4n) is 3.24. The minimum absolute atomic E-state index is 0.106. The van der Waals surface area contributed by atoms with Gasteiger partial charge in [-0.25, -0.2) is 4.39 Å². The Morgan fingerprint density at radius 3 is 2.24 bits per heavy atom. The number of aryl methyl sites for hydroxylation is 2. The summed E-state index contributed by atoms with van der Waals surface area (Å²) >= 11 is 0. The molecular weight excluding hydrogens is 259 g/mol. The van der Waals surface area contributed by atoms with Crippen LogP contribution in [0.1, 0.15) is 11.1 Å². The molecule has 4 rings (SSSR count). The van der Waals surface area contributed by atoms with Gasteiger partial charge in [0.15, 0.2) is 0 Å². The molecule has 0 aliphatic heterocycles. The van der Waals surface area contributed by atoms with Gasteiger partial charge >= 0.3 is 0 Å². The van der Waals surface area contributed by atoms with Gasteiger partial charge in [0, 0.05) is 5.39 Å². The highest BCUT2D eigenvalue weighted by atomic mass is 19.1. The van der Waals surface area contributed by atoms with Gasteiger partial charge in [0.25, 0.3) is 0 Å². The standard InChI is InChI=1S/C20H15F/c1-12-6-5-7-14-10-19-15-8-3-4-9-16(15)20(21)13(2)18(19)11-17(12)14/h3-11H,1-2H3. The van der Waals surface area contributed by atoms with Gasteiger partial charge in [-0.1, -0.05) is 42.5 Å². The molecule has 0 N–H and O–H groups in total. The van der Waals surface area contributed by atoms with E-state index in [1.54, 1.807) is 0 Å². The van der Waals surface area contributed by atoms with Crippen LogP contribution in [-0.2, 0) is 0 Å². The Hall–Kier alpha value is -2.41. The fraction of sp³-hybridized carbons (Fsp3) is 0.100. The maximum atomic E-state index is 14.6. The molecule has 0 saturated carbocycles. The van der Waals surface area contributed by atoms with E-state index in [0.29, 0.717) is 5.39 Å². The molecule has 1 heteroatoms. The largest absolute Gasteiger partial charge is 0.206 e. The van der Waals surface area contributed by atoms with Crippen LogP contribution in [0.15, 0.2) is 54.6 Å². The first-order chi connectivity index (χ1) is 10.2. The molecule has 0 amide bonds. The lowest BCUT2D eigenvalue weighted by atomic mass is 9.93. The second kappa shape index (κ2) is 4.29. The molecule has 0 heterocycles. The van der Waals surface area contributed by atoms with Crippen LogP contribution in [0.3, 0.4) is 0 Å². The topological polar surface area (TPSA) is 0 Å². The normalized spacial score (nSPS) is 11.6. The van der Waals surface area contributed by atoms with Gasteiger partial charge in [-0.2, -0.15) is 0 Å². The van der Waals surface area contributed by atoms with E-state index in [0.717, 1.165) is 21.7 Å². The zero-order valence-corrected chi connectivity index (χ0v) is 12.1. The van der Waals surface area contributed by atoms with Crippen molar-refractivity contribution >= 4 is 32.3 Å². The molecule has 0 aromatic heterocycles. The zero-order chi connectivity index (χ0) is 14.6. The van der Waals surface area contributed by atoms with Crippen LogP contribution < -0.4 is 0 Å². The van der Waals surface area contributed by atoms with Crippen molar-refractivity contribution in [1.29, 1.82) is 0 Å². The second-order valence-electron chi connectivity index (χ2n) is 5.68. The summed E-state index contributed by atoms with van der Waals surface area (Å²) in [5, 5.41) is 6.23. The molecule has 102 valence electrons. The molecule has 0 unspecified atom stereocenters. The number of hydrogen-bond donors (Lipinski definition) is 0. The summed E-state index contributed by atoms with van der Waals surface area (Å²) in [5.74, 6) is -0.106. The first-order valence-corrected chi connectivity index (χ1v) is 7.17. The van der Waals surface area contributed by atoms with Crippen LogP contribution >= 0.6 is 0 Å². The summed E-state index contributed by atoms with van der Waals surface area (Å²) in [4.78, 5) is 0. The van der Waals surface area contributed by atoms with Crippen LogP contribution in [0.2, 0.25) is 0 Å². The molecule has 4 aromatic carbocycles. The zero-order valence-electron chi connectivity index (χ0n) is 12.1. The molecule has 0 saturated heterocycles. The number of hydrogen-bond acceptors (Lipinski definition) is 0. The van der Waals surface area contributed by atoms with Crippen LogP contribution in [0.4, 0.5) is 4.39 Å². The van der Waals surface area contributed by atoms with Crippen molar-refractivity contribution in [3.05, 3.63) is 71.5 Å². The van der Waals surface area contributed by atoms with Crippen LogP contribution in [0, 0.1) is 19.7 Å². The Kier molecular flexibility index (Phi) is 2.52. The monoisotopic (exact) mass is 274 g/mol. The van der Waals surface area contributed by atoms with E-state index in [-0.39, 0.29) is 5.82 Å². The Morgan fingerprint density at radius 1 is 0.667 bits per heavy atom. The van der Waals surface area contributed by atoms with Crippen molar-refractivity contribution in [2.75, 3.05) is 0 Å².